The first-order valence-electron chi connectivity index (χ1n) is 8.26. The summed E-state index contributed by atoms with van der Waals surface area (Å²) in [5.74, 6) is 1.88. The summed E-state index contributed by atoms with van der Waals surface area (Å²) in [6, 6.07) is 9.86. The molecule has 8 heteroatoms. The first-order chi connectivity index (χ1) is 13.1. The maximum Gasteiger partial charge on any atom is 0.226 e. The van der Waals surface area contributed by atoms with Crippen LogP contribution in [0.15, 0.2) is 65.9 Å². The molecule has 0 fully saturated rings. The lowest BCUT2D eigenvalue weighted by Crippen LogP contribution is -2.10. The SMILES string of the molecule is C=C(/N=C\C=C(/N)OC)NCc1ccc(CNc2nccc(OC)n2)cc1. The second kappa shape index (κ2) is 10.4. The molecule has 1 heterocycles. The number of nitrogens with one attached hydrogen (secondary N) is 2. The summed E-state index contributed by atoms with van der Waals surface area (Å²) < 4.78 is 9.89. The number of nitrogens with two attached hydrogens (primary N) is 1. The van der Waals surface area contributed by atoms with Gasteiger partial charge in [0.25, 0.3) is 0 Å². The van der Waals surface area contributed by atoms with Crippen molar-refractivity contribution in [2.45, 2.75) is 13.1 Å². The van der Waals surface area contributed by atoms with Gasteiger partial charge in [0.05, 0.1) is 14.2 Å². The van der Waals surface area contributed by atoms with Crippen molar-refractivity contribution in [3.63, 3.8) is 0 Å². The van der Waals surface area contributed by atoms with Crippen LogP contribution in [0.3, 0.4) is 0 Å². The largest absolute Gasteiger partial charge is 0.483 e. The minimum atomic E-state index is 0.287. The predicted molar refractivity (Wildman–Crippen MR) is 106 cm³/mol. The second-order valence-electron chi connectivity index (χ2n) is 5.44. The van der Waals surface area contributed by atoms with Gasteiger partial charge >= 0.3 is 0 Å². The number of nitrogens with zero attached hydrogens (tertiary/aromatic N) is 3. The van der Waals surface area contributed by atoms with Gasteiger partial charge in [-0.05, 0) is 11.1 Å². The van der Waals surface area contributed by atoms with Crippen LogP contribution in [0.5, 0.6) is 5.88 Å². The Labute approximate surface area is 158 Å². The standard InChI is InChI=1S/C19H24N6O2/c1-14(21-10-8-17(20)26-2)23-12-15-4-6-16(7-5-15)13-24-19-22-11-9-18(25-19)27-3/h4-11,23H,1,12-13,20H2,2-3H3,(H,22,24,25)/b17-8+,21-10-. The van der Waals surface area contributed by atoms with Gasteiger partial charge in [-0.3, -0.25) is 0 Å². The third-order valence-electron chi connectivity index (χ3n) is 3.51. The van der Waals surface area contributed by atoms with Crippen molar-refractivity contribution in [2.24, 2.45) is 10.7 Å². The van der Waals surface area contributed by atoms with Crippen molar-refractivity contribution < 1.29 is 9.47 Å². The molecule has 27 heavy (non-hydrogen) atoms. The number of ether oxygens (including phenoxy) is 2. The number of methoxy groups -OCH3 is 2. The molecule has 0 saturated carbocycles. The average molecular weight is 368 g/mol. The quantitative estimate of drug-likeness (QED) is 0.436. The summed E-state index contributed by atoms with van der Waals surface area (Å²) in [6.45, 7) is 5.07. The fraction of sp³-hybridized carbons (Fsp3) is 0.211. The van der Waals surface area contributed by atoms with Crippen molar-refractivity contribution >= 4 is 12.2 Å². The fourth-order valence-corrected chi connectivity index (χ4v) is 2.02. The van der Waals surface area contributed by atoms with Gasteiger partial charge in [-0.15, -0.1) is 0 Å². The normalized spacial score (nSPS) is 11.3. The Kier molecular flexibility index (Phi) is 7.65. The Balaban J connectivity index is 1.80. The number of hydrogen-bond acceptors (Lipinski definition) is 8. The van der Waals surface area contributed by atoms with Crippen LogP contribution in [0.2, 0.25) is 0 Å². The molecule has 0 aliphatic rings. The Morgan fingerprint density at radius 2 is 1.89 bits per heavy atom. The lowest BCUT2D eigenvalue weighted by Gasteiger charge is -2.08. The van der Waals surface area contributed by atoms with Gasteiger partial charge in [0.1, 0.15) is 5.82 Å². The third kappa shape index (κ3) is 7.07. The lowest BCUT2D eigenvalue weighted by molar-refractivity contribution is 0.288. The maximum atomic E-state index is 5.49. The number of anilines is 1. The molecule has 0 radical (unpaired) electrons. The van der Waals surface area contributed by atoms with Gasteiger partial charge in [-0.25, -0.2) is 9.98 Å². The molecule has 0 unspecified atom stereocenters. The summed E-state index contributed by atoms with van der Waals surface area (Å²) in [5.41, 5.74) is 7.72. The number of rotatable bonds is 10. The number of aromatic nitrogens is 2. The molecule has 4 N–H and O–H groups in total. The maximum absolute atomic E-state index is 5.49. The van der Waals surface area contributed by atoms with Crippen molar-refractivity contribution in [3.8, 4) is 5.88 Å². The Hall–Kier alpha value is -3.55. The van der Waals surface area contributed by atoms with E-state index in [0.717, 1.165) is 11.1 Å². The van der Waals surface area contributed by atoms with E-state index in [9.17, 15) is 0 Å². The third-order valence-corrected chi connectivity index (χ3v) is 3.51. The highest BCUT2D eigenvalue weighted by Gasteiger charge is 2.00. The van der Waals surface area contributed by atoms with E-state index in [-0.39, 0.29) is 5.88 Å². The molecule has 0 bridgehead atoms. The summed E-state index contributed by atoms with van der Waals surface area (Å²) in [7, 11) is 3.07. The lowest BCUT2D eigenvalue weighted by atomic mass is 10.1. The molecule has 142 valence electrons. The van der Waals surface area contributed by atoms with E-state index in [4.69, 9.17) is 15.2 Å². The van der Waals surface area contributed by atoms with Gasteiger partial charge in [0.15, 0.2) is 5.88 Å². The smallest absolute Gasteiger partial charge is 0.226 e. The predicted octanol–water partition coefficient (Wildman–Crippen LogP) is 2.18. The molecule has 2 aromatic rings. The zero-order valence-electron chi connectivity index (χ0n) is 15.5. The first-order valence-corrected chi connectivity index (χ1v) is 8.26. The van der Waals surface area contributed by atoms with Gasteiger partial charge in [-0.1, -0.05) is 30.8 Å². The van der Waals surface area contributed by atoms with Gasteiger partial charge in [-0.2, -0.15) is 4.98 Å². The molecule has 0 aliphatic carbocycles. The average Bonchev–Trinajstić information content (AvgIpc) is 2.71. The van der Waals surface area contributed by atoms with Crippen LogP contribution in [0.4, 0.5) is 5.95 Å². The number of allylic oxidation sites excluding steroid dienone is 1. The molecular weight excluding hydrogens is 344 g/mol. The summed E-state index contributed by atoms with van der Waals surface area (Å²) in [6.07, 6.45) is 4.74. The first kappa shape index (κ1) is 19.8. The molecule has 0 aliphatic heterocycles. The van der Waals surface area contributed by atoms with Crippen molar-refractivity contribution in [3.05, 3.63) is 72.0 Å². The van der Waals surface area contributed by atoms with E-state index in [0.29, 0.717) is 30.7 Å². The Bertz CT molecular complexity index is 802. The summed E-state index contributed by atoms with van der Waals surface area (Å²) in [4.78, 5) is 12.5. The molecule has 2 rings (SSSR count). The van der Waals surface area contributed by atoms with Crippen LogP contribution in [-0.4, -0.2) is 30.4 Å². The number of hydrogen-bond donors (Lipinski definition) is 3. The van der Waals surface area contributed by atoms with Gasteiger partial charge in [0, 0.05) is 37.6 Å². The van der Waals surface area contributed by atoms with Crippen molar-refractivity contribution in [1.29, 1.82) is 0 Å². The fourth-order valence-electron chi connectivity index (χ4n) is 2.02. The monoisotopic (exact) mass is 368 g/mol. The van der Waals surface area contributed by atoms with E-state index in [1.165, 1.54) is 13.3 Å². The number of aliphatic imine (C=N–C) groups is 1. The van der Waals surface area contributed by atoms with Crippen molar-refractivity contribution in [2.75, 3.05) is 19.5 Å². The van der Waals surface area contributed by atoms with Gasteiger partial charge < -0.3 is 25.8 Å². The van der Waals surface area contributed by atoms with Crippen LogP contribution in [0, 0.1) is 0 Å². The van der Waals surface area contributed by atoms with Crippen molar-refractivity contribution in [1.82, 2.24) is 15.3 Å². The molecular formula is C19H24N6O2. The Morgan fingerprint density at radius 3 is 2.56 bits per heavy atom. The highest BCUT2D eigenvalue weighted by molar-refractivity contribution is 5.72. The minimum absolute atomic E-state index is 0.287. The zero-order chi connectivity index (χ0) is 19.5. The van der Waals surface area contributed by atoms with Crippen LogP contribution in [0.1, 0.15) is 11.1 Å². The van der Waals surface area contributed by atoms with Crippen LogP contribution < -0.4 is 21.1 Å². The zero-order valence-corrected chi connectivity index (χ0v) is 15.5. The topological polar surface area (TPSA) is 107 Å². The molecule has 1 aromatic carbocycles. The molecule has 8 nitrogen and oxygen atoms in total. The molecule has 0 amide bonds. The van der Waals surface area contributed by atoms with E-state index in [1.54, 1.807) is 25.4 Å². The summed E-state index contributed by atoms with van der Waals surface area (Å²) >= 11 is 0. The molecule has 0 spiro atoms. The van der Waals surface area contributed by atoms with E-state index < -0.39 is 0 Å². The second-order valence-corrected chi connectivity index (χ2v) is 5.44. The molecule has 0 saturated heterocycles. The van der Waals surface area contributed by atoms with Crippen LogP contribution in [-0.2, 0) is 17.8 Å². The van der Waals surface area contributed by atoms with E-state index in [1.807, 2.05) is 24.3 Å². The summed E-state index contributed by atoms with van der Waals surface area (Å²) in [5, 5.41) is 6.29. The molecule has 1 aromatic heterocycles. The van der Waals surface area contributed by atoms with Crippen LogP contribution in [0.25, 0.3) is 0 Å². The number of benzene rings is 1. The van der Waals surface area contributed by atoms with Gasteiger partial charge in [0.2, 0.25) is 11.8 Å². The van der Waals surface area contributed by atoms with Crippen LogP contribution >= 0.6 is 0 Å². The Morgan fingerprint density at radius 1 is 1.19 bits per heavy atom. The highest BCUT2D eigenvalue weighted by Crippen LogP contribution is 2.10. The molecule has 0 atom stereocenters. The minimum Gasteiger partial charge on any atom is -0.483 e. The van der Waals surface area contributed by atoms with E-state index in [2.05, 4.69) is 32.2 Å². The highest BCUT2D eigenvalue weighted by atomic mass is 16.5. The van der Waals surface area contributed by atoms with E-state index >= 15 is 0 Å².